The summed E-state index contributed by atoms with van der Waals surface area (Å²) >= 11 is 0. The number of pyridine rings is 1. The molecule has 1 amide bonds. The summed E-state index contributed by atoms with van der Waals surface area (Å²) in [6.45, 7) is 12.0. The Labute approximate surface area is 186 Å². The molecular weight excluding hydrogens is 390 g/mol. The number of amides is 1. The monoisotopic (exact) mass is 425 g/mol. The second kappa shape index (κ2) is 13.2. The first kappa shape index (κ1) is 25.8. The van der Waals surface area contributed by atoms with Gasteiger partial charge in [-0.05, 0) is 49.7 Å². The van der Waals surface area contributed by atoms with Crippen molar-refractivity contribution in [2.45, 2.75) is 41.0 Å². The summed E-state index contributed by atoms with van der Waals surface area (Å²) < 4.78 is 0. The molecule has 0 radical (unpaired) electrons. The molecule has 168 valence electrons. The van der Waals surface area contributed by atoms with Gasteiger partial charge in [-0.1, -0.05) is 20.8 Å². The summed E-state index contributed by atoms with van der Waals surface area (Å²) in [5.74, 6) is 0.278. The zero-order valence-corrected chi connectivity index (χ0v) is 19.6. The Hall–Kier alpha value is -3.22. The number of amidine groups is 1. The summed E-state index contributed by atoms with van der Waals surface area (Å²) in [6.07, 6.45) is 2.60. The van der Waals surface area contributed by atoms with E-state index in [-0.39, 0.29) is 5.78 Å². The minimum absolute atomic E-state index is 0.103. The molecule has 0 fully saturated rings. The molecule has 7 heteroatoms. The third-order valence-electron chi connectivity index (χ3n) is 4.67. The molecule has 0 aliphatic rings. The third-order valence-corrected chi connectivity index (χ3v) is 4.67. The first-order chi connectivity index (χ1) is 14.8. The van der Waals surface area contributed by atoms with Gasteiger partial charge in [0.2, 0.25) is 5.91 Å². The van der Waals surface area contributed by atoms with Gasteiger partial charge >= 0.3 is 0 Å². The van der Waals surface area contributed by atoms with E-state index in [0.717, 1.165) is 37.6 Å². The standard InChI is InChI=1S/C22H29N5O2.C2H6/c1-5-13-27(19-10-8-18(9-11-19)22(23)29)15-14-26(4)17(3)25-20-7-6-12-24-21(20)16(2)28;1-2/h6-12H,5,13-15H2,1-4H3,(H2,23,29);1-2H3. The largest absolute Gasteiger partial charge is 0.370 e. The van der Waals surface area contributed by atoms with Crippen LogP contribution in [0.2, 0.25) is 0 Å². The van der Waals surface area contributed by atoms with E-state index in [4.69, 9.17) is 5.73 Å². The lowest BCUT2D eigenvalue weighted by Crippen LogP contribution is -2.36. The van der Waals surface area contributed by atoms with Crippen LogP contribution in [0.3, 0.4) is 0 Å². The fourth-order valence-corrected chi connectivity index (χ4v) is 2.93. The van der Waals surface area contributed by atoms with Crippen LogP contribution in [0.15, 0.2) is 47.6 Å². The minimum Gasteiger partial charge on any atom is -0.370 e. The van der Waals surface area contributed by atoms with Gasteiger partial charge in [0.05, 0.1) is 5.69 Å². The van der Waals surface area contributed by atoms with Crippen LogP contribution in [-0.4, -0.2) is 54.1 Å². The Kier molecular flexibility index (Phi) is 11.0. The Morgan fingerprint density at radius 3 is 2.23 bits per heavy atom. The summed E-state index contributed by atoms with van der Waals surface area (Å²) in [7, 11) is 1.98. The van der Waals surface area contributed by atoms with Gasteiger partial charge in [0.15, 0.2) is 5.78 Å². The van der Waals surface area contributed by atoms with Crippen LogP contribution in [-0.2, 0) is 0 Å². The number of rotatable bonds is 9. The highest BCUT2D eigenvalue weighted by Gasteiger charge is 2.11. The lowest BCUT2D eigenvalue weighted by atomic mass is 10.2. The van der Waals surface area contributed by atoms with E-state index >= 15 is 0 Å². The molecule has 2 N–H and O–H groups in total. The number of anilines is 1. The lowest BCUT2D eigenvalue weighted by Gasteiger charge is -2.28. The van der Waals surface area contributed by atoms with Crippen molar-refractivity contribution < 1.29 is 9.59 Å². The highest BCUT2D eigenvalue weighted by Crippen LogP contribution is 2.18. The number of Topliss-reactive ketones (excluding diaryl/α,β-unsaturated/α-hetero) is 1. The van der Waals surface area contributed by atoms with Crippen LogP contribution in [0.5, 0.6) is 0 Å². The quantitative estimate of drug-likeness (QED) is 0.367. The molecule has 2 rings (SSSR count). The molecule has 2 aromatic rings. The molecule has 0 bridgehead atoms. The maximum Gasteiger partial charge on any atom is 0.248 e. The molecule has 7 nitrogen and oxygen atoms in total. The second-order valence-corrected chi connectivity index (χ2v) is 6.91. The molecule has 0 saturated heterocycles. The van der Waals surface area contributed by atoms with E-state index in [9.17, 15) is 9.59 Å². The Morgan fingerprint density at radius 2 is 1.68 bits per heavy atom. The maximum atomic E-state index is 11.7. The maximum absolute atomic E-state index is 11.7. The van der Waals surface area contributed by atoms with Crippen LogP contribution < -0.4 is 10.6 Å². The molecule has 0 unspecified atom stereocenters. The normalized spacial score (nSPS) is 10.7. The topological polar surface area (TPSA) is 91.9 Å². The van der Waals surface area contributed by atoms with Gasteiger partial charge in [0.25, 0.3) is 0 Å². The molecule has 0 spiro atoms. The number of nitrogens with two attached hydrogens (primary N) is 1. The van der Waals surface area contributed by atoms with Gasteiger partial charge < -0.3 is 15.5 Å². The zero-order valence-electron chi connectivity index (χ0n) is 19.6. The van der Waals surface area contributed by atoms with Gasteiger partial charge in [0, 0.05) is 51.1 Å². The smallest absolute Gasteiger partial charge is 0.248 e. The number of likely N-dealkylation sites (N-methyl/N-ethyl adjacent to an activating group) is 1. The van der Waals surface area contributed by atoms with Gasteiger partial charge in [-0.3, -0.25) is 14.6 Å². The molecule has 31 heavy (non-hydrogen) atoms. The Morgan fingerprint density at radius 1 is 1.03 bits per heavy atom. The zero-order chi connectivity index (χ0) is 23.4. The SMILES string of the molecule is CC.CCCN(CCN(C)C(C)=Nc1cccnc1C(C)=O)c1ccc(C(N)=O)cc1. The predicted octanol–water partition coefficient (Wildman–Crippen LogP) is 4.31. The number of hydrogen-bond donors (Lipinski definition) is 1. The first-order valence-corrected chi connectivity index (χ1v) is 10.7. The lowest BCUT2D eigenvalue weighted by molar-refractivity contribution is 0.0995. The van der Waals surface area contributed by atoms with Gasteiger partial charge in [-0.25, -0.2) is 4.99 Å². The highest BCUT2D eigenvalue weighted by molar-refractivity contribution is 5.98. The van der Waals surface area contributed by atoms with Crippen LogP contribution in [0.25, 0.3) is 0 Å². The summed E-state index contributed by atoms with van der Waals surface area (Å²) in [5.41, 5.74) is 7.83. The van der Waals surface area contributed by atoms with Crippen molar-refractivity contribution >= 4 is 28.9 Å². The highest BCUT2D eigenvalue weighted by atomic mass is 16.1. The predicted molar refractivity (Wildman–Crippen MR) is 128 cm³/mol. The average molecular weight is 426 g/mol. The number of aliphatic imine (C=N–C) groups is 1. The Bertz CT molecular complexity index is 878. The fourth-order valence-electron chi connectivity index (χ4n) is 2.93. The third kappa shape index (κ3) is 7.85. The average Bonchev–Trinajstić information content (AvgIpc) is 2.78. The van der Waals surface area contributed by atoms with Crippen LogP contribution in [0.1, 0.15) is 61.9 Å². The summed E-state index contributed by atoms with van der Waals surface area (Å²) in [6, 6.07) is 10.9. The number of hydrogen-bond acceptors (Lipinski definition) is 5. The number of aromatic nitrogens is 1. The molecule has 1 heterocycles. The number of carbonyl (C=O) groups excluding carboxylic acids is 2. The van der Waals surface area contributed by atoms with Crippen molar-refractivity contribution in [3.05, 3.63) is 53.9 Å². The number of carbonyl (C=O) groups is 2. The second-order valence-electron chi connectivity index (χ2n) is 6.91. The molecular formula is C24H35N5O2. The number of benzene rings is 1. The van der Waals surface area contributed by atoms with E-state index in [0.29, 0.717) is 16.9 Å². The van der Waals surface area contributed by atoms with Crippen molar-refractivity contribution in [2.75, 3.05) is 31.6 Å². The molecule has 0 saturated carbocycles. The molecule has 1 aromatic carbocycles. The van der Waals surface area contributed by atoms with Crippen molar-refractivity contribution in [2.24, 2.45) is 10.7 Å². The number of nitrogens with zero attached hydrogens (tertiary/aromatic N) is 4. The van der Waals surface area contributed by atoms with E-state index in [2.05, 4.69) is 26.7 Å². The summed E-state index contributed by atoms with van der Waals surface area (Å²) in [5, 5.41) is 0. The molecule has 0 aliphatic heterocycles. The van der Waals surface area contributed by atoms with Crippen LogP contribution >= 0.6 is 0 Å². The van der Waals surface area contributed by atoms with E-state index in [1.807, 2.05) is 40.0 Å². The summed E-state index contributed by atoms with van der Waals surface area (Å²) in [4.78, 5) is 36.1. The van der Waals surface area contributed by atoms with Gasteiger partial charge in [-0.2, -0.15) is 0 Å². The fraction of sp³-hybridized carbons (Fsp3) is 0.417. The molecule has 0 atom stereocenters. The van der Waals surface area contributed by atoms with Crippen molar-refractivity contribution in [1.82, 2.24) is 9.88 Å². The molecule has 0 aliphatic carbocycles. The van der Waals surface area contributed by atoms with Gasteiger partial charge in [0.1, 0.15) is 11.5 Å². The van der Waals surface area contributed by atoms with E-state index in [1.165, 1.54) is 6.92 Å². The van der Waals surface area contributed by atoms with Crippen molar-refractivity contribution in [3.63, 3.8) is 0 Å². The number of ketones is 1. The van der Waals surface area contributed by atoms with Crippen LogP contribution in [0, 0.1) is 0 Å². The van der Waals surface area contributed by atoms with E-state index < -0.39 is 5.91 Å². The van der Waals surface area contributed by atoms with Crippen molar-refractivity contribution in [3.8, 4) is 0 Å². The molecule has 1 aromatic heterocycles. The minimum atomic E-state index is -0.425. The van der Waals surface area contributed by atoms with Crippen LogP contribution in [0.4, 0.5) is 11.4 Å². The van der Waals surface area contributed by atoms with E-state index in [1.54, 1.807) is 30.5 Å². The van der Waals surface area contributed by atoms with Crippen molar-refractivity contribution in [1.29, 1.82) is 0 Å². The number of primary amides is 1. The Balaban J connectivity index is 0.00000233. The first-order valence-electron chi connectivity index (χ1n) is 10.7. The van der Waals surface area contributed by atoms with Gasteiger partial charge in [-0.15, -0.1) is 0 Å².